The summed E-state index contributed by atoms with van der Waals surface area (Å²) >= 11 is 0. The topological polar surface area (TPSA) is 88.7 Å². The number of nitrogens with one attached hydrogen (secondary N) is 4. The van der Waals surface area contributed by atoms with Crippen molar-refractivity contribution in [2.24, 2.45) is 23.7 Å². The second kappa shape index (κ2) is 16.4. The average molecular weight is 631 g/mol. The first-order valence-corrected chi connectivity index (χ1v) is 18.0. The molecule has 252 valence electrons. The number of carbonyl (C=O) groups excluding carboxylic acids is 2. The van der Waals surface area contributed by atoms with Crippen LogP contribution in [0.3, 0.4) is 0 Å². The highest BCUT2D eigenvalue weighted by molar-refractivity contribution is 5.90. The van der Waals surface area contributed by atoms with Gasteiger partial charge in [-0.2, -0.15) is 0 Å². The van der Waals surface area contributed by atoms with Crippen molar-refractivity contribution in [3.8, 4) is 0 Å². The van der Waals surface area contributed by atoms with E-state index < -0.39 is 0 Å². The molecule has 5 rings (SSSR count). The molecule has 0 aromatic heterocycles. The summed E-state index contributed by atoms with van der Waals surface area (Å²) in [5, 5.41) is 13.2. The maximum atomic E-state index is 13.3. The summed E-state index contributed by atoms with van der Waals surface area (Å²) in [5.41, 5.74) is 3.87. The zero-order chi connectivity index (χ0) is 32.5. The molecule has 2 unspecified atom stereocenters. The largest absolute Gasteiger partial charge is 0.378 e. The van der Waals surface area contributed by atoms with Crippen LogP contribution in [0.2, 0.25) is 0 Å². The predicted octanol–water partition coefficient (Wildman–Crippen LogP) is 8.47. The molecule has 2 atom stereocenters. The highest BCUT2D eigenvalue weighted by Gasteiger charge is 2.39. The van der Waals surface area contributed by atoms with E-state index >= 15 is 0 Å². The molecule has 2 aromatic carbocycles. The van der Waals surface area contributed by atoms with Crippen LogP contribution in [-0.2, 0) is 0 Å². The zero-order valence-corrected chi connectivity index (χ0v) is 28.7. The third-order valence-corrected chi connectivity index (χ3v) is 11.0. The van der Waals surface area contributed by atoms with Gasteiger partial charge in [0, 0.05) is 63.0 Å². The molecule has 2 aromatic rings. The van der Waals surface area contributed by atoms with E-state index in [1.165, 1.54) is 64.2 Å². The first kappa shape index (κ1) is 33.9. The van der Waals surface area contributed by atoms with Crippen LogP contribution in [0.1, 0.15) is 89.9 Å². The van der Waals surface area contributed by atoms with Gasteiger partial charge in [0.15, 0.2) is 0 Å². The quantitative estimate of drug-likeness (QED) is 0.212. The summed E-state index contributed by atoms with van der Waals surface area (Å²) in [6.07, 6.45) is 16.8. The van der Waals surface area contributed by atoms with Gasteiger partial charge < -0.3 is 31.1 Å². The van der Waals surface area contributed by atoms with Crippen molar-refractivity contribution >= 4 is 34.8 Å². The molecule has 0 bridgehead atoms. The van der Waals surface area contributed by atoms with Gasteiger partial charge in [0.05, 0.1) is 0 Å². The second-order valence-electron chi connectivity index (χ2n) is 14.6. The van der Waals surface area contributed by atoms with Crippen LogP contribution in [0, 0.1) is 23.7 Å². The lowest BCUT2D eigenvalue weighted by molar-refractivity contribution is 0.121. The van der Waals surface area contributed by atoms with Crippen LogP contribution < -0.4 is 31.1 Å². The SMILES string of the molecule is CN(C)c1ccc(NC(=O)NC(C2CCCCC2)[C@H]2CC[C@H](C(NC(=O)Nc3ccc(N(C)C)cc3)C3CCCCC3)CC2)cc1. The van der Waals surface area contributed by atoms with Gasteiger partial charge in [-0.25, -0.2) is 9.59 Å². The molecular weight excluding hydrogens is 572 g/mol. The molecule has 0 heterocycles. The van der Waals surface area contributed by atoms with E-state index in [0.717, 1.165) is 48.4 Å². The maximum Gasteiger partial charge on any atom is 0.319 e. The van der Waals surface area contributed by atoms with Crippen LogP contribution in [0.25, 0.3) is 0 Å². The Balaban J connectivity index is 1.21. The summed E-state index contributed by atoms with van der Waals surface area (Å²) in [6.45, 7) is 0. The Labute approximate surface area is 277 Å². The number of hydrogen-bond donors (Lipinski definition) is 4. The van der Waals surface area contributed by atoms with Crippen LogP contribution in [-0.4, -0.2) is 52.3 Å². The average Bonchev–Trinajstić information content (AvgIpc) is 3.07. The van der Waals surface area contributed by atoms with E-state index in [2.05, 4.69) is 31.1 Å². The summed E-state index contributed by atoms with van der Waals surface area (Å²) in [7, 11) is 8.08. The normalized spacial score (nSPS) is 22.3. The molecule has 0 radical (unpaired) electrons. The molecule has 8 nitrogen and oxygen atoms in total. The number of carbonyl (C=O) groups is 2. The van der Waals surface area contributed by atoms with Gasteiger partial charge in [-0.15, -0.1) is 0 Å². The molecule has 0 saturated heterocycles. The molecule has 3 saturated carbocycles. The van der Waals surface area contributed by atoms with Gasteiger partial charge in [-0.3, -0.25) is 0 Å². The third-order valence-electron chi connectivity index (χ3n) is 11.0. The molecular formula is C38H58N6O2. The van der Waals surface area contributed by atoms with E-state index in [1.54, 1.807) is 0 Å². The minimum absolute atomic E-state index is 0.0904. The fourth-order valence-corrected chi connectivity index (χ4v) is 8.41. The van der Waals surface area contributed by atoms with Crippen molar-refractivity contribution in [2.45, 2.75) is 102 Å². The number of rotatable bonds is 10. The summed E-state index contributed by atoms with van der Waals surface area (Å²) in [6, 6.07) is 16.2. The molecule has 0 aliphatic heterocycles. The van der Waals surface area contributed by atoms with Gasteiger partial charge in [0.1, 0.15) is 0 Å². The maximum absolute atomic E-state index is 13.3. The number of urea groups is 2. The fraction of sp³-hybridized carbons (Fsp3) is 0.632. The van der Waals surface area contributed by atoms with Crippen molar-refractivity contribution in [3.05, 3.63) is 48.5 Å². The second-order valence-corrected chi connectivity index (χ2v) is 14.6. The lowest BCUT2D eigenvalue weighted by Gasteiger charge is -2.43. The third kappa shape index (κ3) is 9.32. The van der Waals surface area contributed by atoms with Gasteiger partial charge in [0.2, 0.25) is 0 Å². The Hall–Kier alpha value is -3.42. The first-order valence-electron chi connectivity index (χ1n) is 18.0. The first-order chi connectivity index (χ1) is 22.3. The lowest BCUT2D eigenvalue weighted by atomic mass is 9.68. The van der Waals surface area contributed by atoms with E-state index in [0.29, 0.717) is 23.7 Å². The van der Waals surface area contributed by atoms with Crippen molar-refractivity contribution in [3.63, 3.8) is 0 Å². The Bertz CT molecular complexity index is 1130. The summed E-state index contributed by atoms with van der Waals surface area (Å²) in [4.78, 5) is 30.8. The van der Waals surface area contributed by atoms with E-state index in [9.17, 15) is 9.59 Å². The predicted molar refractivity (Wildman–Crippen MR) is 192 cm³/mol. The number of nitrogens with zero attached hydrogens (tertiary/aromatic N) is 2. The Morgan fingerprint density at radius 3 is 1.11 bits per heavy atom. The Morgan fingerprint density at radius 1 is 0.500 bits per heavy atom. The molecule has 3 fully saturated rings. The molecule has 4 amide bonds. The standard InChI is InChI=1S/C38H58N6O2/c1-43(2)33-23-19-31(20-24-33)39-37(45)41-35(27-11-7-5-8-12-27)29-15-17-30(18-16-29)36(28-13-9-6-10-14-28)42-38(46)40-32-21-25-34(26-22-32)44(3)4/h19-30,35-36H,5-18H2,1-4H3,(H2,39,41,45)(H2,40,42,46)/t29-,30-,35?,36?. The van der Waals surface area contributed by atoms with Crippen LogP contribution in [0.15, 0.2) is 48.5 Å². The minimum Gasteiger partial charge on any atom is -0.378 e. The van der Waals surface area contributed by atoms with E-state index in [-0.39, 0.29) is 24.1 Å². The highest BCUT2D eigenvalue weighted by Crippen LogP contribution is 2.41. The van der Waals surface area contributed by atoms with E-state index in [1.807, 2.05) is 76.7 Å². The molecule has 3 aliphatic carbocycles. The van der Waals surface area contributed by atoms with E-state index in [4.69, 9.17) is 0 Å². The number of hydrogen-bond acceptors (Lipinski definition) is 4. The number of amides is 4. The highest BCUT2D eigenvalue weighted by atomic mass is 16.2. The van der Waals surface area contributed by atoms with Crippen LogP contribution in [0.4, 0.5) is 32.3 Å². The fourth-order valence-electron chi connectivity index (χ4n) is 8.41. The molecule has 0 spiro atoms. The van der Waals surface area contributed by atoms with Crippen LogP contribution >= 0.6 is 0 Å². The van der Waals surface area contributed by atoms with Crippen molar-refractivity contribution in [1.82, 2.24) is 10.6 Å². The van der Waals surface area contributed by atoms with Crippen molar-refractivity contribution < 1.29 is 9.59 Å². The minimum atomic E-state index is -0.0904. The molecule has 4 N–H and O–H groups in total. The van der Waals surface area contributed by atoms with Gasteiger partial charge in [0.25, 0.3) is 0 Å². The monoisotopic (exact) mass is 630 g/mol. The van der Waals surface area contributed by atoms with Gasteiger partial charge in [-0.05, 0) is 124 Å². The molecule has 46 heavy (non-hydrogen) atoms. The van der Waals surface area contributed by atoms with Crippen molar-refractivity contribution in [2.75, 3.05) is 48.6 Å². The zero-order valence-electron chi connectivity index (χ0n) is 28.7. The van der Waals surface area contributed by atoms with Crippen molar-refractivity contribution in [1.29, 1.82) is 0 Å². The Morgan fingerprint density at radius 2 is 0.804 bits per heavy atom. The lowest BCUT2D eigenvalue weighted by Crippen LogP contribution is -2.51. The number of anilines is 4. The Kier molecular flexibility index (Phi) is 12.1. The van der Waals surface area contributed by atoms with Crippen LogP contribution in [0.5, 0.6) is 0 Å². The summed E-state index contributed by atoms with van der Waals surface area (Å²) in [5.74, 6) is 2.01. The molecule has 8 heteroatoms. The smallest absolute Gasteiger partial charge is 0.319 e. The summed E-state index contributed by atoms with van der Waals surface area (Å²) < 4.78 is 0. The van der Waals surface area contributed by atoms with Gasteiger partial charge in [-0.1, -0.05) is 38.5 Å². The van der Waals surface area contributed by atoms with Gasteiger partial charge >= 0.3 is 12.1 Å². The molecule has 3 aliphatic rings. The number of benzene rings is 2.